The van der Waals surface area contributed by atoms with Crippen LogP contribution in [0.15, 0.2) is 17.5 Å². The molecule has 1 nitrogen and oxygen atoms in total. The van der Waals surface area contributed by atoms with Crippen molar-refractivity contribution in [1.29, 1.82) is 0 Å². The average Bonchev–Trinajstić information content (AvgIpc) is 2.60. The molecule has 0 aliphatic rings. The summed E-state index contributed by atoms with van der Waals surface area (Å²) in [5.74, 6) is 0.625. The molecule has 0 saturated carbocycles. The highest BCUT2D eigenvalue weighted by molar-refractivity contribution is 7.17. The summed E-state index contributed by atoms with van der Waals surface area (Å²) in [5, 5.41) is 2.17. The summed E-state index contributed by atoms with van der Waals surface area (Å²) in [6, 6.07) is 4.55. The molecule has 2 heterocycles. The number of thiophene rings is 1. The van der Waals surface area contributed by atoms with Crippen molar-refractivity contribution >= 4 is 21.6 Å². The highest BCUT2D eigenvalue weighted by atomic mass is 32.1. The lowest BCUT2D eigenvalue weighted by atomic mass is 10.1. The number of aromatic nitrogens is 1. The normalized spacial score (nSPS) is 11.7. The molecule has 0 aromatic carbocycles. The highest BCUT2D eigenvalue weighted by Crippen LogP contribution is 2.28. The molecular formula is C11H15NS. The van der Waals surface area contributed by atoms with E-state index in [0.29, 0.717) is 5.92 Å². The fourth-order valence-electron chi connectivity index (χ4n) is 1.83. The van der Waals surface area contributed by atoms with Crippen LogP contribution in [0, 0.1) is 0 Å². The predicted molar refractivity (Wildman–Crippen MR) is 59.6 cm³/mol. The number of aryl methyl sites for hydroxylation is 1. The van der Waals surface area contributed by atoms with Crippen LogP contribution in [-0.2, 0) is 6.54 Å². The van der Waals surface area contributed by atoms with Gasteiger partial charge in [0.15, 0.2) is 0 Å². The van der Waals surface area contributed by atoms with Crippen LogP contribution in [0.3, 0.4) is 0 Å². The van der Waals surface area contributed by atoms with E-state index in [1.165, 1.54) is 15.9 Å². The van der Waals surface area contributed by atoms with E-state index in [1.54, 1.807) is 0 Å². The second-order valence-corrected chi connectivity index (χ2v) is 4.59. The lowest BCUT2D eigenvalue weighted by Crippen LogP contribution is -2.01. The fraction of sp³-hybridized carbons (Fsp3) is 0.455. The van der Waals surface area contributed by atoms with Crippen LogP contribution in [0.2, 0.25) is 0 Å². The predicted octanol–water partition coefficient (Wildman–Crippen LogP) is 3.85. The van der Waals surface area contributed by atoms with E-state index in [-0.39, 0.29) is 0 Å². The number of hydrogen-bond acceptors (Lipinski definition) is 1. The van der Waals surface area contributed by atoms with E-state index < -0.39 is 0 Å². The first-order valence-corrected chi connectivity index (χ1v) is 5.68. The maximum Gasteiger partial charge on any atom is 0.0592 e. The third-order valence-corrected chi connectivity index (χ3v) is 3.32. The molecule has 0 spiro atoms. The largest absolute Gasteiger partial charge is 0.344 e. The third kappa shape index (κ3) is 1.29. The van der Waals surface area contributed by atoms with Gasteiger partial charge in [-0.1, -0.05) is 13.8 Å². The van der Waals surface area contributed by atoms with Gasteiger partial charge in [0, 0.05) is 12.2 Å². The van der Waals surface area contributed by atoms with E-state index in [2.05, 4.69) is 42.9 Å². The summed E-state index contributed by atoms with van der Waals surface area (Å²) in [6.45, 7) is 7.80. The Labute approximate surface area is 83.0 Å². The average molecular weight is 193 g/mol. The molecule has 13 heavy (non-hydrogen) atoms. The molecule has 0 radical (unpaired) electrons. The van der Waals surface area contributed by atoms with Gasteiger partial charge in [0.1, 0.15) is 0 Å². The molecule has 0 amide bonds. The lowest BCUT2D eigenvalue weighted by Gasteiger charge is -2.09. The van der Waals surface area contributed by atoms with E-state index in [4.69, 9.17) is 0 Å². The van der Waals surface area contributed by atoms with E-state index in [0.717, 1.165) is 6.54 Å². The van der Waals surface area contributed by atoms with Gasteiger partial charge in [0.25, 0.3) is 0 Å². The topological polar surface area (TPSA) is 4.93 Å². The van der Waals surface area contributed by atoms with Crippen LogP contribution in [-0.4, -0.2) is 4.57 Å². The molecule has 2 heteroatoms. The van der Waals surface area contributed by atoms with Gasteiger partial charge >= 0.3 is 0 Å². The zero-order chi connectivity index (χ0) is 9.42. The molecule has 0 atom stereocenters. The van der Waals surface area contributed by atoms with Crippen molar-refractivity contribution in [2.75, 3.05) is 0 Å². The van der Waals surface area contributed by atoms with E-state index in [1.807, 2.05) is 11.3 Å². The van der Waals surface area contributed by atoms with Gasteiger partial charge < -0.3 is 4.57 Å². The zero-order valence-electron chi connectivity index (χ0n) is 8.37. The van der Waals surface area contributed by atoms with E-state index >= 15 is 0 Å². The van der Waals surface area contributed by atoms with Gasteiger partial charge in [-0.3, -0.25) is 0 Å². The first-order chi connectivity index (χ1) is 6.24. The minimum absolute atomic E-state index is 0.625. The molecule has 2 rings (SSSR count). The van der Waals surface area contributed by atoms with Crippen LogP contribution in [0.1, 0.15) is 32.4 Å². The summed E-state index contributed by atoms with van der Waals surface area (Å²) in [6.07, 6.45) is 0. The van der Waals surface area contributed by atoms with Crippen molar-refractivity contribution in [2.24, 2.45) is 0 Å². The first-order valence-electron chi connectivity index (χ1n) is 4.80. The maximum absolute atomic E-state index is 2.41. The number of nitrogens with zero attached hydrogens (tertiary/aromatic N) is 1. The van der Waals surface area contributed by atoms with Gasteiger partial charge in [-0.15, -0.1) is 11.3 Å². The van der Waals surface area contributed by atoms with Crippen molar-refractivity contribution < 1.29 is 0 Å². The lowest BCUT2D eigenvalue weighted by molar-refractivity contribution is 0.691. The van der Waals surface area contributed by atoms with Crippen molar-refractivity contribution in [1.82, 2.24) is 4.57 Å². The Morgan fingerprint density at radius 3 is 2.85 bits per heavy atom. The van der Waals surface area contributed by atoms with Gasteiger partial charge in [0.2, 0.25) is 0 Å². The summed E-state index contributed by atoms with van der Waals surface area (Å²) < 4.78 is 3.84. The second kappa shape index (κ2) is 3.18. The van der Waals surface area contributed by atoms with Gasteiger partial charge in [-0.2, -0.15) is 0 Å². The Hall–Kier alpha value is -0.760. The Bertz CT molecular complexity index is 409. The zero-order valence-corrected chi connectivity index (χ0v) is 9.19. The van der Waals surface area contributed by atoms with Gasteiger partial charge in [-0.25, -0.2) is 0 Å². The molecule has 2 aromatic rings. The molecule has 0 unspecified atom stereocenters. The Kier molecular flexibility index (Phi) is 2.16. The standard InChI is InChI=1S/C11H15NS/c1-4-12-9-5-6-13-11(9)7-10(12)8(2)3/h5-8H,4H2,1-3H3. The monoisotopic (exact) mass is 193 g/mol. The van der Waals surface area contributed by atoms with Crippen LogP contribution in [0.4, 0.5) is 0 Å². The number of fused-ring (bicyclic) bond motifs is 1. The smallest absolute Gasteiger partial charge is 0.0592 e. The fourth-order valence-corrected chi connectivity index (χ4v) is 2.66. The molecule has 0 aliphatic heterocycles. The SMILES string of the molecule is CCn1c(C(C)C)cc2sccc21. The number of rotatable bonds is 2. The van der Waals surface area contributed by atoms with Gasteiger partial charge in [0.05, 0.1) is 10.2 Å². The highest BCUT2D eigenvalue weighted by Gasteiger charge is 2.10. The van der Waals surface area contributed by atoms with Gasteiger partial charge in [-0.05, 0) is 30.4 Å². The summed E-state index contributed by atoms with van der Waals surface area (Å²) in [4.78, 5) is 0. The molecule has 0 saturated heterocycles. The Balaban J connectivity index is 2.67. The number of hydrogen-bond donors (Lipinski definition) is 0. The minimum Gasteiger partial charge on any atom is -0.344 e. The molecule has 2 aromatic heterocycles. The van der Waals surface area contributed by atoms with Crippen molar-refractivity contribution in [3.8, 4) is 0 Å². The minimum atomic E-state index is 0.625. The molecule has 70 valence electrons. The molecule has 0 bridgehead atoms. The maximum atomic E-state index is 2.41. The first kappa shape index (κ1) is 8.82. The van der Waals surface area contributed by atoms with Crippen LogP contribution < -0.4 is 0 Å². The molecule has 0 N–H and O–H groups in total. The summed E-state index contributed by atoms with van der Waals surface area (Å²) in [7, 11) is 0. The Morgan fingerprint density at radius 2 is 2.23 bits per heavy atom. The second-order valence-electron chi connectivity index (χ2n) is 3.64. The quantitative estimate of drug-likeness (QED) is 0.682. The van der Waals surface area contributed by atoms with Crippen LogP contribution in [0.5, 0.6) is 0 Å². The van der Waals surface area contributed by atoms with Crippen LogP contribution >= 0.6 is 11.3 Å². The summed E-state index contributed by atoms with van der Waals surface area (Å²) >= 11 is 1.83. The molecule has 0 aliphatic carbocycles. The molecular weight excluding hydrogens is 178 g/mol. The van der Waals surface area contributed by atoms with E-state index in [9.17, 15) is 0 Å². The van der Waals surface area contributed by atoms with Crippen molar-refractivity contribution in [3.05, 3.63) is 23.2 Å². The van der Waals surface area contributed by atoms with Crippen molar-refractivity contribution in [3.63, 3.8) is 0 Å². The van der Waals surface area contributed by atoms with Crippen LogP contribution in [0.25, 0.3) is 10.2 Å². The van der Waals surface area contributed by atoms with Crippen molar-refractivity contribution in [2.45, 2.75) is 33.2 Å². The molecule has 0 fully saturated rings. The summed E-state index contributed by atoms with van der Waals surface area (Å²) in [5.41, 5.74) is 2.86. The third-order valence-electron chi connectivity index (χ3n) is 2.46. The Morgan fingerprint density at radius 1 is 1.46 bits per heavy atom.